The fraction of sp³-hybridized carbons (Fsp3) is 0.300. The molecule has 0 aliphatic heterocycles. The SMILES string of the molecule is CN=C(CO)c1cccc(OC)c1. The number of hydrogen-bond acceptors (Lipinski definition) is 3. The number of ether oxygens (including phenoxy) is 1. The molecule has 0 bridgehead atoms. The summed E-state index contributed by atoms with van der Waals surface area (Å²) in [6, 6.07) is 7.46. The minimum Gasteiger partial charge on any atom is -0.497 e. The van der Waals surface area contributed by atoms with Gasteiger partial charge in [0.25, 0.3) is 0 Å². The Hall–Kier alpha value is -1.35. The third-order valence-electron chi connectivity index (χ3n) is 1.82. The number of methoxy groups -OCH3 is 1. The Morgan fingerprint density at radius 3 is 2.85 bits per heavy atom. The third-order valence-corrected chi connectivity index (χ3v) is 1.82. The first-order valence-electron chi connectivity index (χ1n) is 4.02. The number of aliphatic hydroxyl groups excluding tert-OH is 1. The van der Waals surface area contributed by atoms with Gasteiger partial charge in [0.15, 0.2) is 0 Å². The van der Waals surface area contributed by atoms with E-state index in [2.05, 4.69) is 4.99 Å². The molecule has 0 spiro atoms. The average molecular weight is 179 g/mol. The zero-order valence-corrected chi connectivity index (χ0v) is 7.82. The molecule has 0 aliphatic carbocycles. The number of benzene rings is 1. The van der Waals surface area contributed by atoms with Crippen LogP contribution in [0.5, 0.6) is 5.75 Å². The Morgan fingerprint density at radius 2 is 2.31 bits per heavy atom. The van der Waals surface area contributed by atoms with Crippen molar-refractivity contribution in [2.45, 2.75) is 0 Å². The number of hydrogen-bond donors (Lipinski definition) is 1. The summed E-state index contributed by atoms with van der Waals surface area (Å²) in [5.41, 5.74) is 1.56. The maximum absolute atomic E-state index is 8.97. The van der Waals surface area contributed by atoms with Crippen LogP contribution in [0.25, 0.3) is 0 Å². The van der Waals surface area contributed by atoms with Crippen LogP contribution in [0.2, 0.25) is 0 Å². The maximum atomic E-state index is 8.97. The van der Waals surface area contributed by atoms with Crippen LogP contribution < -0.4 is 4.74 Å². The van der Waals surface area contributed by atoms with Gasteiger partial charge in [0.1, 0.15) is 5.75 Å². The molecule has 0 aliphatic rings. The number of nitrogens with zero attached hydrogens (tertiary/aromatic N) is 1. The molecule has 0 radical (unpaired) electrons. The molecule has 0 aromatic heterocycles. The molecule has 1 aromatic rings. The molecule has 0 atom stereocenters. The highest BCUT2D eigenvalue weighted by atomic mass is 16.5. The van der Waals surface area contributed by atoms with Gasteiger partial charge in [-0.3, -0.25) is 4.99 Å². The smallest absolute Gasteiger partial charge is 0.119 e. The summed E-state index contributed by atoms with van der Waals surface area (Å²) in [5, 5.41) is 8.97. The molecule has 0 saturated heterocycles. The van der Waals surface area contributed by atoms with E-state index in [0.717, 1.165) is 11.3 Å². The largest absolute Gasteiger partial charge is 0.497 e. The van der Waals surface area contributed by atoms with Gasteiger partial charge in [0.2, 0.25) is 0 Å². The molecule has 0 unspecified atom stereocenters. The van der Waals surface area contributed by atoms with Crippen LogP contribution in [-0.4, -0.2) is 31.6 Å². The van der Waals surface area contributed by atoms with E-state index >= 15 is 0 Å². The standard InChI is InChI=1S/C10H13NO2/c1-11-10(7-12)8-4-3-5-9(6-8)13-2/h3-6,12H,7H2,1-2H3. The Morgan fingerprint density at radius 1 is 1.54 bits per heavy atom. The Balaban J connectivity index is 3.00. The summed E-state index contributed by atoms with van der Waals surface area (Å²) in [5.74, 6) is 0.770. The molecule has 3 heteroatoms. The summed E-state index contributed by atoms with van der Waals surface area (Å²) >= 11 is 0. The first kappa shape index (κ1) is 9.74. The Kier molecular flexibility index (Phi) is 3.46. The summed E-state index contributed by atoms with van der Waals surface area (Å²) in [7, 11) is 3.27. The lowest BCUT2D eigenvalue weighted by atomic mass is 10.1. The Labute approximate surface area is 77.7 Å². The molecular formula is C10H13NO2. The lowest BCUT2D eigenvalue weighted by Crippen LogP contribution is -2.06. The highest BCUT2D eigenvalue weighted by molar-refractivity contribution is 6.01. The molecule has 0 saturated carbocycles. The topological polar surface area (TPSA) is 41.8 Å². The van der Waals surface area contributed by atoms with Crippen LogP contribution in [0.1, 0.15) is 5.56 Å². The molecule has 0 heterocycles. The first-order chi connectivity index (χ1) is 6.31. The summed E-state index contributed by atoms with van der Waals surface area (Å²) in [6.45, 7) is -0.0519. The normalized spacial score (nSPS) is 11.5. The van der Waals surface area contributed by atoms with Crippen molar-refractivity contribution in [1.29, 1.82) is 0 Å². The van der Waals surface area contributed by atoms with E-state index in [-0.39, 0.29) is 6.61 Å². The van der Waals surface area contributed by atoms with Gasteiger partial charge in [-0.25, -0.2) is 0 Å². The fourth-order valence-corrected chi connectivity index (χ4v) is 1.09. The van der Waals surface area contributed by atoms with Crippen LogP contribution in [0.15, 0.2) is 29.3 Å². The van der Waals surface area contributed by atoms with E-state index in [1.54, 1.807) is 14.2 Å². The number of aliphatic imine (C=N–C) groups is 1. The lowest BCUT2D eigenvalue weighted by Gasteiger charge is -2.04. The monoisotopic (exact) mass is 179 g/mol. The van der Waals surface area contributed by atoms with Crippen molar-refractivity contribution in [2.24, 2.45) is 4.99 Å². The minimum atomic E-state index is -0.0519. The van der Waals surface area contributed by atoms with Crippen LogP contribution in [0.3, 0.4) is 0 Å². The highest BCUT2D eigenvalue weighted by Crippen LogP contribution is 2.12. The summed E-state index contributed by atoms with van der Waals surface area (Å²) in [4.78, 5) is 3.96. The van der Waals surface area contributed by atoms with E-state index in [1.807, 2.05) is 24.3 Å². The highest BCUT2D eigenvalue weighted by Gasteiger charge is 2.01. The molecule has 1 aromatic carbocycles. The second-order valence-corrected chi connectivity index (χ2v) is 2.56. The zero-order valence-electron chi connectivity index (χ0n) is 7.82. The van der Waals surface area contributed by atoms with Gasteiger partial charge in [-0.15, -0.1) is 0 Å². The molecule has 1 rings (SSSR count). The maximum Gasteiger partial charge on any atom is 0.119 e. The van der Waals surface area contributed by atoms with Crippen molar-refractivity contribution >= 4 is 5.71 Å². The molecule has 3 nitrogen and oxygen atoms in total. The first-order valence-corrected chi connectivity index (χ1v) is 4.02. The van der Waals surface area contributed by atoms with Crippen molar-refractivity contribution < 1.29 is 9.84 Å². The average Bonchev–Trinajstić information content (AvgIpc) is 2.20. The van der Waals surface area contributed by atoms with Crippen molar-refractivity contribution in [2.75, 3.05) is 20.8 Å². The van der Waals surface area contributed by atoms with Gasteiger partial charge in [-0.1, -0.05) is 12.1 Å². The number of rotatable bonds is 3. The van der Waals surface area contributed by atoms with E-state index < -0.39 is 0 Å². The molecule has 0 fully saturated rings. The summed E-state index contributed by atoms with van der Waals surface area (Å²) < 4.78 is 5.06. The van der Waals surface area contributed by atoms with Gasteiger partial charge < -0.3 is 9.84 Å². The molecule has 1 N–H and O–H groups in total. The lowest BCUT2D eigenvalue weighted by molar-refractivity contribution is 0.357. The number of aliphatic hydroxyl groups is 1. The van der Waals surface area contributed by atoms with Gasteiger partial charge in [0, 0.05) is 12.6 Å². The zero-order chi connectivity index (χ0) is 9.68. The second kappa shape index (κ2) is 4.62. The van der Waals surface area contributed by atoms with E-state index in [0.29, 0.717) is 5.71 Å². The second-order valence-electron chi connectivity index (χ2n) is 2.56. The van der Waals surface area contributed by atoms with E-state index in [9.17, 15) is 0 Å². The summed E-state index contributed by atoms with van der Waals surface area (Å²) in [6.07, 6.45) is 0. The minimum absolute atomic E-state index is 0.0519. The predicted octanol–water partition coefficient (Wildman–Crippen LogP) is 1.11. The van der Waals surface area contributed by atoms with Crippen LogP contribution >= 0.6 is 0 Å². The van der Waals surface area contributed by atoms with Crippen LogP contribution in [0, 0.1) is 0 Å². The third kappa shape index (κ3) is 2.29. The van der Waals surface area contributed by atoms with Gasteiger partial charge in [-0.2, -0.15) is 0 Å². The molecule has 0 amide bonds. The van der Waals surface area contributed by atoms with Crippen molar-refractivity contribution in [3.63, 3.8) is 0 Å². The van der Waals surface area contributed by atoms with Gasteiger partial charge >= 0.3 is 0 Å². The van der Waals surface area contributed by atoms with Crippen LogP contribution in [0.4, 0.5) is 0 Å². The van der Waals surface area contributed by atoms with E-state index in [1.165, 1.54) is 0 Å². The predicted molar refractivity (Wildman–Crippen MR) is 52.5 cm³/mol. The quantitative estimate of drug-likeness (QED) is 0.706. The fourth-order valence-electron chi connectivity index (χ4n) is 1.09. The molecule has 70 valence electrons. The van der Waals surface area contributed by atoms with Gasteiger partial charge in [-0.05, 0) is 12.1 Å². The molecule has 13 heavy (non-hydrogen) atoms. The van der Waals surface area contributed by atoms with E-state index in [4.69, 9.17) is 9.84 Å². The van der Waals surface area contributed by atoms with Crippen molar-refractivity contribution in [3.05, 3.63) is 29.8 Å². The van der Waals surface area contributed by atoms with Gasteiger partial charge in [0.05, 0.1) is 19.4 Å². The Bertz CT molecular complexity index is 308. The van der Waals surface area contributed by atoms with Crippen molar-refractivity contribution in [3.8, 4) is 5.75 Å². The molecular weight excluding hydrogens is 166 g/mol. The van der Waals surface area contributed by atoms with Crippen molar-refractivity contribution in [1.82, 2.24) is 0 Å². The van der Waals surface area contributed by atoms with Crippen LogP contribution in [-0.2, 0) is 0 Å².